The summed E-state index contributed by atoms with van der Waals surface area (Å²) in [4.78, 5) is 0. The maximum absolute atomic E-state index is 2.25. The maximum Gasteiger partial charge on any atom is -0.00258 e. The SMILES string of the molecule is CCCC=Cc1ccc(Cc2ccc(CC)cc2)cc1. The average molecular weight is 264 g/mol. The molecule has 2 aromatic carbocycles. The van der Waals surface area contributed by atoms with E-state index in [1.807, 2.05) is 0 Å². The second-order valence-corrected chi connectivity index (χ2v) is 5.28. The van der Waals surface area contributed by atoms with Gasteiger partial charge in [0.1, 0.15) is 0 Å². The molecule has 0 N–H and O–H groups in total. The third kappa shape index (κ3) is 4.38. The van der Waals surface area contributed by atoms with E-state index in [9.17, 15) is 0 Å². The first kappa shape index (κ1) is 14.6. The van der Waals surface area contributed by atoms with Crippen molar-refractivity contribution in [2.24, 2.45) is 0 Å². The fourth-order valence-electron chi connectivity index (χ4n) is 2.26. The van der Waals surface area contributed by atoms with Crippen LogP contribution in [-0.4, -0.2) is 0 Å². The Morgan fingerprint density at radius 1 is 0.750 bits per heavy atom. The standard InChI is InChI=1S/C20H24/c1-3-5-6-7-18-10-14-20(15-11-18)16-19-12-8-17(4-2)9-13-19/h6-15H,3-5,16H2,1-2H3. The van der Waals surface area contributed by atoms with Crippen LogP contribution in [0.1, 0.15) is 48.9 Å². The lowest BCUT2D eigenvalue weighted by molar-refractivity contribution is 0.962. The van der Waals surface area contributed by atoms with E-state index < -0.39 is 0 Å². The van der Waals surface area contributed by atoms with Gasteiger partial charge in [-0.05, 0) is 41.5 Å². The topological polar surface area (TPSA) is 0 Å². The second-order valence-electron chi connectivity index (χ2n) is 5.28. The maximum atomic E-state index is 2.25. The Morgan fingerprint density at radius 3 is 1.85 bits per heavy atom. The third-order valence-electron chi connectivity index (χ3n) is 3.58. The van der Waals surface area contributed by atoms with Crippen molar-refractivity contribution in [1.29, 1.82) is 0 Å². The quantitative estimate of drug-likeness (QED) is 0.632. The van der Waals surface area contributed by atoms with E-state index in [-0.39, 0.29) is 0 Å². The number of aryl methyl sites for hydroxylation is 1. The third-order valence-corrected chi connectivity index (χ3v) is 3.58. The van der Waals surface area contributed by atoms with E-state index in [4.69, 9.17) is 0 Å². The molecule has 20 heavy (non-hydrogen) atoms. The molecule has 0 aliphatic carbocycles. The number of rotatable bonds is 6. The van der Waals surface area contributed by atoms with Crippen LogP contribution in [0, 0.1) is 0 Å². The number of hydrogen-bond acceptors (Lipinski definition) is 0. The molecule has 104 valence electrons. The molecule has 0 spiro atoms. The molecule has 0 saturated carbocycles. The lowest BCUT2D eigenvalue weighted by atomic mass is 10.0. The van der Waals surface area contributed by atoms with Gasteiger partial charge in [-0.25, -0.2) is 0 Å². The van der Waals surface area contributed by atoms with Gasteiger partial charge in [0.2, 0.25) is 0 Å². The highest BCUT2D eigenvalue weighted by atomic mass is 14.0. The van der Waals surface area contributed by atoms with E-state index in [1.54, 1.807) is 0 Å². The summed E-state index contributed by atoms with van der Waals surface area (Å²) >= 11 is 0. The smallest absolute Gasteiger partial charge is 0.00258 e. The van der Waals surface area contributed by atoms with E-state index in [0.29, 0.717) is 0 Å². The summed E-state index contributed by atoms with van der Waals surface area (Å²) in [5.74, 6) is 0. The minimum atomic E-state index is 1.02. The van der Waals surface area contributed by atoms with Crippen LogP contribution in [0.2, 0.25) is 0 Å². The predicted molar refractivity (Wildman–Crippen MR) is 89.0 cm³/mol. The highest BCUT2D eigenvalue weighted by molar-refractivity contribution is 5.49. The first-order valence-corrected chi connectivity index (χ1v) is 7.65. The summed E-state index contributed by atoms with van der Waals surface area (Å²) < 4.78 is 0. The lowest BCUT2D eigenvalue weighted by Gasteiger charge is -2.04. The fourth-order valence-corrected chi connectivity index (χ4v) is 2.26. The molecule has 0 aliphatic heterocycles. The number of allylic oxidation sites excluding steroid dienone is 1. The molecule has 0 heterocycles. The van der Waals surface area contributed by atoms with Crippen LogP contribution >= 0.6 is 0 Å². The average Bonchev–Trinajstić information content (AvgIpc) is 2.50. The van der Waals surface area contributed by atoms with Crippen LogP contribution in [0.4, 0.5) is 0 Å². The zero-order valence-electron chi connectivity index (χ0n) is 12.6. The molecular formula is C20H24. The highest BCUT2D eigenvalue weighted by Gasteiger charge is 1.97. The highest BCUT2D eigenvalue weighted by Crippen LogP contribution is 2.13. The molecule has 0 heteroatoms. The summed E-state index contributed by atoms with van der Waals surface area (Å²) in [6, 6.07) is 17.8. The first-order chi connectivity index (χ1) is 9.81. The molecule has 0 aliphatic rings. The van der Waals surface area contributed by atoms with Gasteiger partial charge in [0, 0.05) is 0 Å². The zero-order chi connectivity index (χ0) is 14.2. The Kier molecular flexibility index (Phi) is 5.61. The van der Waals surface area contributed by atoms with Crippen molar-refractivity contribution in [2.45, 2.75) is 39.5 Å². The van der Waals surface area contributed by atoms with Crippen molar-refractivity contribution < 1.29 is 0 Å². The Hall–Kier alpha value is -1.82. The predicted octanol–water partition coefficient (Wildman–Crippen LogP) is 5.65. The van der Waals surface area contributed by atoms with Gasteiger partial charge in [-0.1, -0.05) is 81.0 Å². The minimum Gasteiger partial charge on any atom is -0.0840 e. The molecule has 0 unspecified atom stereocenters. The molecule has 0 amide bonds. The van der Waals surface area contributed by atoms with Crippen LogP contribution in [0.25, 0.3) is 6.08 Å². The molecular weight excluding hydrogens is 240 g/mol. The molecule has 0 fully saturated rings. The van der Waals surface area contributed by atoms with Gasteiger partial charge < -0.3 is 0 Å². The Labute approximate surface area is 123 Å². The minimum absolute atomic E-state index is 1.02. The number of hydrogen-bond donors (Lipinski definition) is 0. The van der Waals surface area contributed by atoms with Crippen molar-refractivity contribution in [3.05, 3.63) is 76.9 Å². The van der Waals surface area contributed by atoms with Gasteiger partial charge in [0.15, 0.2) is 0 Å². The van der Waals surface area contributed by atoms with E-state index in [1.165, 1.54) is 28.7 Å². The van der Waals surface area contributed by atoms with Gasteiger partial charge in [-0.2, -0.15) is 0 Å². The Balaban J connectivity index is 1.99. The lowest BCUT2D eigenvalue weighted by Crippen LogP contribution is -1.89. The molecule has 0 saturated heterocycles. The monoisotopic (exact) mass is 264 g/mol. The zero-order valence-corrected chi connectivity index (χ0v) is 12.6. The fraction of sp³-hybridized carbons (Fsp3) is 0.300. The Bertz CT molecular complexity index is 529. The van der Waals surface area contributed by atoms with Gasteiger partial charge >= 0.3 is 0 Å². The van der Waals surface area contributed by atoms with Gasteiger partial charge in [-0.3, -0.25) is 0 Å². The van der Waals surface area contributed by atoms with Crippen LogP contribution in [0.15, 0.2) is 54.6 Å². The molecule has 0 radical (unpaired) electrons. The van der Waals surface area contributed by atoms with Crippen LogP contribution < -0.4 is 0 Å². The van der Waals surface area contributed by atoms with Gasteiger partial charge in [-0.15, -0.1) is 0 Å². The van der Waals surface area contributed by atoms with Crippen LogP contribution in [0.3, 0.4) is 0 Å². The van der Waals surface area contributed by atoms with Crippen LogP contribution in [-0.2, 0) is 12.8 Å². The summed E-state index contributed by atoms with van der Waals surface area (Å²) in [5.41, 5.74) is 5.46. The van der Waals surface area contributed by atoms with E-state index in [0.717, 1.165) is 19.3 Å². The van der Waals surface area contributed by atoms with E-state index >= 15 is 0 Å². The Morgan fingerprint density at radius 2 is 1.30 bits per heavy atom. The largest absolute Gasteiger partial charge is 0.0840 e. The number of benzene rings is 2. The summed E-state index contributed by atoms with van der Waals surface area (Å²) in [6.07, 6.45) is 8.96. The van der Waals surface area contributed by atoms with Gasteiger partial charge in [0.25, 0.3) is 0 Å². The second kappa shape index (κ2) is 7.69. The summed E-state index contributed by atoms with van der Waals surface area (Å²) in [6.45, 7) is 4.40. The number of unbranched alkanes of at least 4 members (excludes halogenated alkanes) is 1. The van der Waals surface area contributed by atoms with Crippen molar-refractivity contribution in [3.63, 3.8) is 0 Å². The van der Waals surface area contributed by atoms with Crippen molar-refractivity contribution in [1.82, 2.24) is 0 Å². The summed E-state index contributed by atoms with van der Waals surface area (Å²) in [7, 11) is 0. The molecule has 0 nitrogen and oxygen atoms in total. The van der Waals surface area contributed by atoms with E-state index in [2.05, 4.69) is 74.5 Å². The van der Waals surface area contributed by atoms with Crippen LogP contribution in [0.5, 0.6) is 0 Å². The molecule has 0 bridgehead atoms. The van der Waals surface area contributed by atoms with Gasteiger partial charge in [0.05, 0.1) is 0 Å². The molecule has 0 aromatic heterocycles. The van der Waals surface area contributed by atoms with Crippen molar-refractivity contribution in [3.8, 4) is 0 Å². The first-order valence-electron chi connectivity index (χ1n) is 7.65. The summed E-state index contributed by atoms with van der Waals surface area (Å²) in [5, 5.41) is 0. The normalized spacial score (nSPS) is 11.1. The van der Waals surface area contributed by atoms with Crippen molar-refractivity contribution >= 4 is 6.08 Å². The molecule has 0 atom stereocenters. The van der Waals surface area contributed by atoms with Crippen molar-refractivity contribution in [2.75, 3.05) is 0 Å². The molecule has 2 rings (SSSR count). The molecule has 2 aromatic rings.